The number of nitrogens with one attached hydrogen (secondary N) is 1. The largest absolute Gasteiger partial charge is 0.455 e. The summed E-state index contributed by atoms with van der Waals surface area (Å²) in [7, 11) is 0. The average molecular weight is 744 g/mol. The number of nitrogens with zero attached hydrogens (tertiary/aromatic N) is 4. The number of rotatable bonds is 4. The lowest BCUT2D eigenvalue weighted by Gasteiger charge is -2.24. The van der Waals surface area contributed by atoms with Gasteiger partial charge in [0.1, 0.15) is 23.2 Å². The summed E-state index contributed by atoms with van der Waals surface area (Å²) in [6.45, 7) is 0. The van der Waals surface area contributed by atoms with E-state index in [1.54, 1.807) is 0 Å². The van der Waals surface area contributed by atoms with Gasteiger partial charge < -0.3 is 9.73 Å². The molecule has 4 heterocycles. The standard InChI is InChI=1S/C52H33N5O/c1-3-14-33(15-4-1)47-42-31-30-40-39-22-13-21-36(48(39)58-49(40)46(42)41-20-7-10-23-43(41)53-47)32-26-28-35(29-27-32)51-54-50(34-16-5-2-6-17-34)55-52(56-51)57-44-24-11-8-18-37(44)38-19-9-12-25-45(38)57/h1-31,51H,(H,54,55,56). The summed E-state index contributed by atoms with van der Waals surface area (Å²) in [5.74, 6) is 1.42. The predicted molar refractivity (Wildman–Crippen MR) is 239 cm³/mol. The van der Waals surface area contributed by atoms with Crippen LogP contribution in [0.1, 0.15) is 17.3 Å². The van der Waals surface area contributed by atoms with Crippen LogP contribution in [0.15, 0.2) is 202 Å². The topological polar surface area (TPSA) is 67.7 Å². The number of furan rings is 1. The van der Waals surface area contributed by atoms with Gasteiger partial charge in [-0.1, -0.05) is 164 Å². The number of benzene rings is 8. The Hall–Kier alpha value is -7.83. The van der Waals surface area contributed by atoms with Gasteiger partial charge in [0.15, 0.2) is 0 Å². The van der Waals surface area contributed by atoms with Gasteiger partial charge in [0, 0.05) is 54.4 Å². The normalized spacial score (nSPS) is 14.4. The van der Waals surface area contributed by atoms with E-state index in [1.807, 2.05) is 30.3 Å². The number of aliphatic imine (C=N–C) groups is 2. The molecule has 1 N–H and O–H groups in total. The second kappa shape index (κ2) is 12.9. The molecule has 0 fully saturated rings. The van der Waals surface area contributed by atoms with E-state index in [-0.39, 0.29) is 6.17 Å². The molecule has 0 bridgehead atoms. The maximum atomic E-state index is 7.01. The molecule has 0 radical (unpaired) electrons. The van der Waals surface area contributed by atoms with Crippen LogP contribution in [0.5, 0.6) is 0 Å². The fourth-order valence-electron chi connectivity index (χ4n) is 8.76. The van der Waals surface area contributed by atoms with Gasteiger partial charge in [-0.3, -0.25) is 4.57 Å². The lowest BCUT2D eigenvalue weighted by atomic mass is 9.97. The molecule has 0 amide bonds. The van der Waals surface area contributed by atoms with E-state index in [1.165, 1.54) is 10.8 Å². The van der Waals surface area contributed by atoms with E-state index in [2.05, 4.69) is 168 Å². The average Bonchev–Trinajstić information content (AvgIpc) is 3.85. The molecule has 1 aliphatic rings. The van der Waals surface area contributed by atoms with Crippen molar-refractivity contribution in [2.75, 3.05) is 0 Å². The van der Waals surface area contributed by atoms with Crippen LogP contribution < -0.4 is 5.32 Å². The minimum Gasteiger partial charge on any atom is -0.455 e. The first-order valence-corrected chi connectivity index (χ1v) is 19.6. The van der Waals surface area contributed by atoms with Crippen LogP contribution in [-0.4, -0.2) is 21.3 Å². The number of aromatic nitrogens is 2. The highest BCUT2D eigenvalue weighted by molar-refractivity contribution is 6.25. The van der Waals surface area contributed by atoms with Crippen molar-refractivity contribution in [3.8, 4) is 22.4 Å². The van der Waals surface area contributed by atoms with Crippen LogP contribution in [0.25, 0.3) is 87.8 Å². The Morgan fingerprint density at radius 3 is 1.81 bits per heavy atom. The first kappa shape index (κ1) is 32.4. The van der Waals surface area contributed by atoms with Crippen LogP contribution >= 0.6 is 0 Å². The number of fused-ring (bicyclic) bond motifs is 10. The van der Waals surface area contributed by atoms with Crippen molar-refractivity contribution in [1.29, 1.82) is 0 Å². The Bertz CT molecular complexity index is 3420. The molecule has 6 nitrogen and oxygen atoms in total. The third kappa shape index (κ3) is 5.02. The molecule has 11 aromatic rings. The van der Waals surface area contributed by atoms with Crippen LogP contribution in [0.2, 0.25) is 0 Å². The highest BCUT2D eigenvalue weighted by Crippen LogP contribution is 2.43. The molecule has 12 rings (SSSR count). The summed E-state index contributed by atoms with van der Waals surface area (Å²) in [6, 6.07) is 65.5. The minimum absolute atomic E-state index is 0.370. The minimum atomic E-state index is -0.370. The van der Waals surface area contributed by atoms with E-state index in [0.29, 0.717) is 5.96 Å². The quantitative estimate of drug-likeness (QED) is 0.183. The third-order valence-corrected chi connectivity index (χ3v) is 11.5. The fraction of sp³-hybridized carbons (Fsp3) is 0.0192. The van der Waals surface area contributed by atoms with Gasteiger partial charge in [-0.15, -0.1) is 0 Å². The Balaban J connectivity index is 0.989. The van der Waals surface area contributed by atoms with Gasteiger partial charge in [-0.25, -0.2) is 9.98 Å². The van der Waals surface area contributed by atoms with Gasteiger partial charge in [-0.2, -0.15) is 4.99 Å². The number of hydrogen-bond donors (Lipinski definition) is 1. The molecule has 272 valence electrons. The van der Waals surface area contributed by atoms with Crippen molar-refractivity contribution in [3.05, 3.63) is 199 Å². The number of para-hydroxylation sites is 4. The van der Waals surface area contributed by atoms with E-state index in [9.17, 15) is 0 Å². The summed E-state index contributed by atoms with van der Waals surface area (Å²) in [4.78, 5) is 15.6. The maximum absolute atomic E-state index is 7.01. The summed E-state index contributed by atoms with van der Waals surface area (Å²) in [6.07, 6.45) is -0.370. The fourth-order valence-corrected chi connectivity index (χ4v) is 8.76. The molecule has 8 aromatic carbocycles. The molecule has 1 atom stereocenters. The second-order valence-corrected chi connectivity index (χ2v) is 14.8. The Labute approximate surface area is 333 Å². The monoisotopic (exact) mass is 743 g/mol. The zero-order valence-corrected chi connectivity index (χ0v) is 31.2. The van der Waals surface area contributed by atoms with Crippen LogP contribution in [-0.2, 0) is 0 Å². The Morgan fingerprint density at radius 1 is 0.466 bits per heavy atom. The first-order valence-electron chi connectivity index (χ1n) is 19.6. The SMILES string of the molecule is c1ccc(C2=NC(n3c4ccccc4c4ccccc43)=NC(c3ccc(-c4cccc5c4oc4c5ccc5c(-c6ccccc6)nc6ccccc6c54)cc3)N2)cc1. The molecular weight excluding hydrogens is 711 g/mol. The number of amidine groups is 1. The zero-order chi connectivity index (χ0) is 38.2. The van der Waals surface area contributed by atoms with Crippen LogP contribution in [0.4, 0.5) is 0 Å². The van der Waals surface area contributed by atoms with E-state index in [4.69, 9.17) is 19.4 Å². The van der Waals surface area contributed by atoms with Crippen molar-refractivity contribution in [2.24, 2.45) is 9.98 Å². The molecule has 6 heteroatoms. The molecule has 58 heavy (non-hydrogen) atoms. The van der Waals surface area contributed by atoms with Crippen LogP contribution in [0.3, 0.4) is 0 Å². The lowest BCUT2D eigenvalue weighted by molar-refractivity contribution is 0.668. The summed E-state index contributed by atoms with van der Waals surface area (Å²) in [5.41, 5.74) is 11.0. The zero-order valence-electron chi connectivity index (χ0n) is 31.2. The number of hydrogen-bond acceptors (Lipinski definition) is 5. The van der Waals surface area contributed by atoms with Crippen LogP contribution in [0, 0.1) is 0 Å². The summed E-state index contributed by atoms with van der Waals surface area (Å²) >= 11 is 0. The maximum Gasteiger partial charge on any atom is 0.234 e. The van der Waals surface area contributed by atoms with Crippen molar-refractivity contribution in [2.45, 2.75) is 6.17 Å². The van der Waals surface area contributed by atoms with Gasteiger partial charge in [0.2, 0.25) is 5.96 Å². The molecule has 0 saturated carbocycles. The Morgan fingerprint density at radius 2 is 1.07 bits per heavy atom. The highest BCUT2D eigenvalue weighted by atomic mass is 16.3. The van der Waals surface area contributed by atoms with Gasteiger partial charge in [0.25, 0.3) is 0 Å². The molecule has 1 aliphatic heterocycles. The number of pyridine rings is 1. The molecule has 0 saturated heterocycles. The van der Waals surface area contributed by atoms with Crippen molar-refractivity contribution >= 4 is 77.2 Å². The molecular formula is C52H33N5O. The van der Waals surface area contributed by atoms with E-state index < -0.39 is 0 Å². The predicted octanol–water partition coefficient (Wildman–Crippen LogP) is 12.7. The summed E-state index contributed by atoms with van der Waals surface area (Å²) < 4.78 is 9.19. The van der Waals surface area contributed by atoms with Crippen molar-refractivity contribution in [1.82, 2.24) is 14.9 Å². The summed E-state index contributed by atoms with van der Waals surface area (Å²) in [5, 5.41) is 11.4. The smallest absolute Gasteiger partial charge is 0.234 e. The van der Waals surface area contributed by atoms with E-state index >= 15 is 0 Å². The van der Waals surface area contributed by atoms with Gasteiger partial charge in [0.05, 0.1) is 22.2 Å². The van der Waals surface area contributed by atoms with Crippen molar-refractivity contribution < 1.29 is 4.42 Å². The highest BCUT2D eigenvalue weighted by Gasteiger charge is 2.24. The van der Waals surface area contributed by atoms with E-state index in [0.717, 1.165) is 94.0 Å². The third-order valence-electron chi connectivity index (χ3n) is 11.5. The molecule has 3 aromatic heterocycles. The van der Waals surface area contributed by atoms with Gasteiger partial charge >= 0.3 is 0 Å². The Kier molecular flexibility index (Phi) is 7.19. The van der Waals surface area contributed by atoms with Gasteiger partial charge in [-0.05, 0) is 35.4 Å². The van der Waals surface area contributed by atoms with Crippen molar-refractivity contribution in [3.63, 3.8) is 0 Å². The first-order chi connectivity index (χ1) is 28.8. The molecule has 0 spiro atoms. The molecule has 0 aliphatic carbocycles. The molecule has 1 unspecified atom stereocenters. The second-order valence-electron chi connectivity index (χ2n) is 14.8. The lowest BCUT2D eigenvalue weighted by Crippen LogP contribution is -2.35.